The third kappa shape index (κ3) is 2.36. The Morgan fingerprint density at radius 2 is 2.04 bits per heavy atom. The van der Waals surface area contributed by atoms with Crippen LogP contribution in [0.2, 0.25) is 10.0 Å². The van der Waals surface area contributed by atoms with Crippen LogP contribution >= 0.6 is 23.2 Å². The molecule has 4 aromatic heterocycles. The van der Waals surface area contributed by atoms with Crippen molar-refractivity contribution < 1.29 is 0 Å². The maximum absolute atomic E-state index is 6.34. The van der Waals surface area contributed by atoms with Gasteiger partial charge in [-0.2, -0.15) is 0 Å². The van der Waals surface area contributed by atoms with Crippen LogP contribution in [-0.2, 0) is 0 Å². The molecule has 0 aliphatic carbocycles. The van der Waals surface area contributed by atoms with Crippen LogP contribution in [0.15, 0.2) is 30.9 Å². The van der Waals surface area contributed by atoms with E-state index < -0.39 is 0 Å². The highest BCUT2D eigenvalue weighted by atomic mass is 35.5. The topological polar surface area (TPSA) is 59.4 Å². The van der Waals surface area contributed by atoms with Crippen molar-refractivity contribution in [3.63, 3.8) is 0 Å². The predicted octanol–water partition coefficient (Wildman–Crippen LogP) is 5.25. The maximum Gasteiger partial charge on any atom is 0.163 e. The summed E-state index contributed by atoms with van der Waals surface area (Å²) in [4.78, 5) is 16.7. The Kier molecular flexibility index (Phi) is 3.70. The lowest BCUT2D eigenvalue weighted by Crippen LogP contribution is -2.03. The third-order valence-corrected chi connectivity index (χ3v) is 4.84. The van der Waals surface area contributed by atoms with Gasteiger partial charge in [0.1, 0.15) is 11.3 Å². The minimum atomic E-state index is 0.307. The minimum absolute atomic E-state index is 0.307. The van der Waals surface area contributed by atoms with Gasteiger partial charge >= 0.3 is 0 Å². The van der Waals surface area contributed by atoms with Gasteiger partial charge in [-0.3, -0.25) is 0 Å². The monoisotopic (exact) mass is 359 g/mol. The molecule has 0 aromatic carbocycles. The van der Waals surface area contributed by atoms with Crippen molar-refractivity contribution in [3.05, 3.63) is 40.9 Å². The molecule has 0 amide bonds. The molecule has 24 heavy (non-hydrogen) atoms. The Bertz CT molecular complexity index is 1050. The van der Waals surface area contributed by atoms with Gasteiger partial charge in [-0.15, -0.1) is 0 Å². The van der Waals surface area contributed by atoms with E-state index >= 15 is 0 Å². The van der Waals surface area contributed by atoms with Gasteiger partial charge in [0.2, 0.25) is 0 Å². The first kappa shape index (κ1) is 15.4. The highest BCUT2D eigenvalue weighted by Gasteiger charge is 2.16. The lowest BCUT2D eigenvalue weighted by molar-refractivity contribution is 0.545. The highest BCUT2D eigenvalue weighted by molar-refractivity contribution is 6.35. The van der Waals surface area contributed by atoms with Crippen molar-refractivity contribution in [2.24, 2.45) is 0 Å². The Balaban J connectivity index is 1.95. The van der Waals surface area contributed by atoms with E-state index in [1.54, 1.807) is 12.4 Å². The van der Waals surface area contributed by atoms with E-state index in [1.807, 2.05) is 18.5 Å². The number of hydrogen-bond acceptors (Lipinski definition) is 3. The summed E-state index contributed by atoms with van der Waals surface area (Å²) in [6.07, 6.45) is 8.16. The fourth-order valence-corrected chi connectivity index (χ4v) is 3.21. The number of rotatable bonds is 3. The van der Waals surface area contributed by atoms with Crippen LogP contribution in [0, 0.1) is 0 Å². The van der Waals surface area contributed by atoms with E-state index in [9.17, 15) is 0 Å². The number of aromatic nitrogens is 5. The molecule has 0 spiro atoms. The zero-order valence-electron chi connectivity index (χ0n) is 13.2. The second kappa shape index (κ2) is 5.76. The molecule has 122 valence electrons. The van der Waals surface area contributed by atoms with Crippen molar-refractivity contribution in [1.82, 2.24) is 24.5 Å². The molecular weight excluding hydrogens is 345 g/mol. The van der Waals surface area contributed by atoms with Crippen LogP contribution in [0.4, 0.5) is 0 Å². The normalized spacial score (nSPS) is 13.0. The molecule has 0 radical (unpaired) electrons. The zero-order chi connectivity index (χ0) is 16.8. The fraction of sp³-hybridized carbons (Fsp3) is 0.235. The molecule has 0 bridgehead atoms. The maximum atomic E-state index is 6.34. The number of hydrogen-bond donors (Lipinski definition) is 1. The smallest absolute Gasteiger partial charge is 0.163 e. The summed E-state index contributed by atoms with van der Waals surface area (Å²) < 4.78 is 2.10. The molecule has 7 heteroatoms. The number of H-pyrrole nitrogens is 1. The van der Waals surface area contributed by atoms with Crippen LogP contribution in [0.3, 0.4) is 0 Å². The van der Waals surface area contributed by atoms with Gasteiger partial charge in [-0.1, -0.05) is 30.1 Å². The number of aromatic amines is 1. The number of nitrogens with zero attached hydrogens (tertiary/aromatic N) is 4. The average molecular weight is 360 g/mol. The summed E-state index contributed by atoms with van der Waals surface area (Å²) in [7, 11) is 0. The fourth-order valence-electron chi connectivity index (χ4n) is 2.82. The lowest BCUT2D eigenvalue weighted by Gasteiger charge is -2.12. The Hall–Kier alpha value is -2.11. The Morgan fingerprint density at radius 1 is 1.21 bits per heavy atom. The number of nitrogens with one attached hydrogen (secondary N) is 1. The molecule has 5 nitrogen and oxygen atoms in total. The van der Waals surface area contributed by atoms with Crippen LogP contribution in [-0.4, -0.2) is 24.5 Å². The summed E-state index contributed by atoms with van der Waals surface area (Å²) in [5.74, 6) is 0.622. The van der Waals surface area contributed by atoms with Crippen molar-refractivity contribution in [3.8, 4) is 11.4 Å². The molecular formula is C17H15Cl2N5. The van der Waals surface area contributed by atoms with Gasteiger partial charge < -0.3 is 9.55 Å². The molecule has 4 heterocycles. The average Bonchev–Trinajstić information content (AvgIpc) is 3.15. The summed E-state index contributed by atoms with van der Waals surface area (Å²) in [5.41, 5.74) is 2.46. The highest BCUT2D eigenvalue weighted by Crippen LogP contribution is 2.31. The van der Waals surface area contributed by atoms with Gasteiger partial charge in [-0.05, 0) is 19.4 Å². The molecule has 0 saturated carbocycles. The molecule has 0 fully saturated rings. The molecule has 1 atom stereocenters. The van der Waals surface area contributed by atoms with Crippen LogP contribution in [0.5, 0.6) is 0 Å². The Morgan fingerprint density at radius 3 is 2.83 bits per heavy atom. The Labute approximate surface area is 148 Å². The van der Waals surface area contributed by atoms with Crippen molar-refractivity contribution in [2.45, 2.75) is 26.3 Å². The minimum Gasteiger partial charge on any atom is -0.345 e. The zero-order valence-corrected chi connectivity index (χ0v) is 14.7. The molecule has 0 aliphatic rings. The van der Waals surface area contributed by atoms with Crippen LogP contribution in [0.1, 0.15) is 26.3 Å². The first-order chi connectivity index (χ1) is 11.6. The van der Waals surface area contributed by atoms with E-state index in [0.717, 1.165) is 34.1 Å². The molecule has 1 unspecified atom stereocenters. The van der Waals surface area contributed by atoms with Gasteiger partial charge in [0.15, 0.2) is 5.82 Å². The van der Waals surface area contributed by atoms with Crippen LogP contribution < -0.4 is 0 Å². The third-order valence-electron chi connectivity index (χ3n) is 4.33. The summed E-state index contributed by atoms with van der Waals surface area (Å²) in [5, 5.41) is 3.00. The molecule has 4 aromatic rings. The van der Waals surface area contributed by atoms with Crippen LogP contribution in [0.25, 0.3) is 33.5 Å². The quantitative estimate of drug-likeness (QED) is 0.543. The van der Waals surface area contributed by atoms with Gasteiger partial charge in [-0.25, -0.2) is 15.0 Å². The predicted molar refractivity (Wildman–Crippen MR) is 97.6 cm³/mol. The van der Waals surface area contributed by atoms with E-state index in [1.165, 1.54) is 0 Å². The van der Waals surface area contributed by atoms with E-state index in [-0.39, 0.29) is 0 Å². The molecule has 1 N–H and O–H groups in total. The largest absolute Gasteiger partial charge is 0.345 e. The van der Waals surface area contributed by atoms with Crippen molar-refractivity contribution in [1.29, 1.82) is 0 Å². The summed E-state index contributed by atoms with van der Waals surface area (Å²) >= 11 is 12.4. The molecule has 0 aliphatic heterocycles. The lowest BCUT2D eigenvalue weighted by atomic mass is 10.2. The first-order valence-corrected chi connectivity index (χ1v) is 8.50. The second-order valence-corrected chi connectivity index (χ2v) is 6.67. The van der Waals surface area contributed by atoms with Gasteiger partial charge in [0, 0.05) is 41.8 Å². The number of fused-ring (bicyclic) bond motifs is 2. The van der Waals surface area contributed by atoms with Crippen molar-refractivity contribution in [2.75, 3.05) is 0 Å². The molecule has 4 rings (SSSR count). The van der Waals surface area contributed by atoms with E-state index in [0.29, 0.717) is 21.9 Å². The second-order valence-electron chi connectivity index (χ2n) is 5.82. The number of halogens is 2. The first-order valence-electron chi connectivity index (χ1n) is 7.74. The standard InChI is InChI=1S/C17H15Cl2N5/c1-3-9(2)24-8-14(19)13-7-22-16(23-17(13)24)12-6-21-15-11(12)4-10(18)5-20-15/h4-9H,3H2,1-2H3,(H,20,21). The van der Waals surface area contributed by atoms with E-state index in [2.05, 4.69) is 33.4 Å². The summed E-state index contributed by atoms with van der Waals surface area (Å²) in [6, 6.07) is 2.17. The SMILES string of the molecule is CCC(C)n1cc(Cl)c2cnc(-c3c[nH]c4ncc(Cl)cc34)nc21. The molecule has 0 saturated heterocycles. The van der Waals surface area contributed by atoms with E-state index in [4.69, 9.17) is 28.2 Å². The van der Waals surface area contributed by atoms with Gasteiger partial charge in [0.05, 0.1) is 15.4 Å². The van der Waals surface area contributed by atoms with Crippen molar-refractivity contribution >= 4 is 45.3 Å². The van der Waals surface area contributed by atoms with Gasteiger partial charge in [0.25, 0.3) is 0 Å². The summed E-state index contributed by atoms with van der Waals surface area (Å²) in [6.45, 7) is 4.28. The number of pyridine rings is 1.